The lowest BCUT2D eigenvalue weighted by Gasteiger charge is -2.05. The molecule has 0 aliphatic rings. The quantitative estimate of drug-likeness (QED) is 0.227. The van der Waals surface area contributed by atoms with Gasteiger partial charge in [-0.05, 0) is 26.9 Å². The maximum atomic E-state index is 11.3. The van der Waals surface area contributed by atoms with Crippen LogP contribution in [0.15, 0.2) is 0 Å². The molecule has 0 aliphatic heterocycles. The molecule has 0 unspecified atom stereocenters. The van der Waals surface area contributed by atoms with E-state index in [2.05, 4.69) is 12.2 Å². The predicted octanol–water partition coefficient (Wildman–Crippen LogP) is 6.06. The van der Waals surface area contributed by atoms with Crippen molar-refractivity contribution in [2.24, 2.45) is 0 Å². The second-order valence-corrected chi connectivity index (χ2v) is 8.94. The van der Waals surface area contributed by atoms with Crippen LogP contribution in [0, 0.1) is 0 Å². The topological polar surface area (TPSA) is 55.4 Å². The van der Waals surface area contributed by atoms with Crippen LogP contribution in [0.3, 0.4) is 0 Å². The second kappa shape index (κ2) is 22.9. The molecule has 0 aromatic heterocycles. The van der Waals surface area contributed by atoms with E-state index in [0.29, 0.717) is 13.0 Å². The Hall–Kier alpha value is -0.130. The fourth-order valence-corrected chi connectivity index (χ4v) is 3.78. The van der Waals surface area contributed by atoms with Gasteiger partial charge in [-0.1, -0.05) is 97.3 Å². The van der Waals surface area contributed by atoms with Crippen LogP contribution in [0.25, 0.3) is 0 Å². The second-order valence-electron chi connectivity index (χ2n) is 7.18. The van der Waals surface area contributed by atoms with Crippen molar-refractivity contribution in [1.29, 1.82) is 0 Å². The van der Waals surface area contributed by atoms with Crippen LogP contribution in [-0.2, 0) is 14.3 Å². The molecule has 0 heterocycles. The molecule has 0 bridgehead atoms. The Kier molecular flexibility index (Phi) is 24.7. The van der Waals surface area contributed by atoms with Gasteiger partial charge in [0.05, 0.1) is 12.4 Å². The van der Waals surface area contributed by atoms with Crippen LogP contribution in [0.2, 0.25) is 0 Å². The summed E-state index contributed by atoms with van der Waals surface area (Å²) in [6, 6.07) is 0. The van der Waals surface area contributed by atoms with Crippen molar-refractivity contribution in [3.05, 3.63) is 0 Å². The molecule has 0 aliphatic carbocycles. The van der Waals surface area contributed by atoms with Crippen molar-refractivity contribution in [3.8, 4) is 0 Å². The summed E-state index contributed by atoms with van der Waals surface area (Å²) in [7, 11) is 0.500. The van der Waals surface area contributed by atoms with E-state index in [1.807, 2.05) is 21.0 Å². The summed E-state index contributed by atoms with van der Waals surface area (Å²) in [5.41, 5.74) is 0. The smallest absolute Gasteiger partial charge is 0.267 e. The minimum Gasteiger partial charge on any atom is -0.323 e. The van der Waals surface area contributed by atoms with Crippen LogP contribution in [0.4, 0.5) is 0 Å². The molecule has 0 spiro atoms. The van der Waals surface area contributed by atoms with E-state index in [0.717, 1.165) is 12.8 Å². The first kappa shape index (κ1) is 28.1. The van der Waals surface area contributed by atoms with E-state index >= 15 is 0 Å². The lowest BCUT2D eigenvalue weighted by Crippen LogP contribution is -2.10. The molecule has 0 amide bonds. The molecule has 0 atom stereocenters. The fourth-order valence-electron chi connectivity index (χ4n) is 2.79. The van der Waals surface area contributed by atoms with Crippen LogP contribution in [-0.4, -0.2) is 34.9 Å². The van der Waals surface area contributed by atoms with E-state index < -0.39 is 10.1 Å². The summed E-state index contributed by atoms with van der Waals surface area (Å²) in [5, 5.41) is 2.75. The number of nitrogens with one attached hydrogen (secondary N) is 1. The largest absolute Gasteiger partial charge is 0.323 e. The highest BCUT2D eigenvalue weighted by molar-refractivity contribution is 7.86. The summed E-state index contributed by atoms with van der Waals surface area (Å²) in [5.74, 6) is 0.144. The molecule has 4 nitrogen and oxygen atoms in total. The van der Waals surface area contributed by atoms with Crippen LogP contribution in [0.5, 0.6) is 0 Å². The SMILES string of the molecule is CCCCCCCCCCCCCCCCOS(=O)(=O)CCC.CNC. The van der Waals surface area contributed by atoms with E-state index in [1.165, 1.54) is 77.0 Å². The van der Waals surface area contributed by atoms with Crippen molar-refractivity contribution in [2.45, 2.75) is 110 Å². The average molecular weight is 394 g/mol. The highest BCUT2D eigenvalue weighted by atomic mass is 32.2. The molecule has 1 N–H and O–H groups in total. The van der Waals surface area contributed by atoms with Crippen molar-refractivity contribution < 1.29 is 12.6 Å². The summed E-state index contributed by atoms with van der Waals surface area (Å²) >= 11 is 0. The third kappa shape index (κ3) is 26.1. The molecule has 0 rings (SSSR count). The van der Waals surface area contributed by atoms with Crippen molar-refractivity contribution in [3.63, 3.8) is 0 Å². The summed E-state index contributed by atoms with van der Waals surface area (Å²) in [6.07, 6.45) is 18.9. The Bertz CT molecular complexity index is 345. The van der Waals surface area contributed by atoms with Gasteiger partial charge in [-0.15, -0.1) is 0 Å². The average Bonchev–Trinajstić information content (AvgIpc) is 2.59. The number of hydrogen-bond donors (Lipinski definition) is 1. The fraction of sp³-hybridized carbons (Fsp3) is 1.00. The zero-order chi connectivity index (χ0) is 19.9. The van der Waals surface area contributed by atoms with Crippen LogP contribution < -0.4 is 5.32 Å². The highest BCUT2D eigenvalue weighted by Gasteiger charge is 2.08. The van der Waals surface area contributed by atoms with Gasteiger partial charge in [0.25, 0.3) is 10.1 Å². The highest BCUT2D eigenvalue weighted by Crippen LogP contribution is 2.13. The standard InChI is InChI=1S/C19H40O3S.C2H7N/c1-3-5-6-7-8-9-10-11-12-13-14-15-16-17-18-22-23(20,21)19-4-2;1-3-2/h3-19H2,1-2H3;3H,1-2H3. The Labute approximate surface area is 165 Å². The van der Waals surface area contributed by atoms with E-state index in [9.17, 15) is 8.42 Å². The van der Waals surface area contributed by atoms with Gasteiger partial charge in [0.1, 0.15) is 0 Å². The van der Waals surface area contributed by atoms with Gasteiger partial charge in [0, 0.05) is 0 Å². The molecule has 160 valence electrons. The van der Waals surface area contributed by atoms with Crippen LogP contribution in [0.1, 0.15) is 110 Å². The Morgan fingerprint density at radius 3 is 1.31 bits per heavy atom. The Balaban J connectivity index is 0. The van der Waals surface area contributed by atoms with E-state index in [4.69, 9.17) is 4.18 Å². The Morgan fingerprint density at radius 1 is 0.615 bits per heavy atom. The normalized spacial score (nSPS) is 11.2. The van der Waals surface area contributed by atoms with Gasteiger partial charge in [0.2, 0.25) is 0 Å². The van der Waals surface area contributed by atoms with Gasteiger partial charge in [-0.25, -0.2) is 0 Å². The number of unbranched alkanes of at least 4 members (excludes halogenated alkanes) is 13. The first-order valence-electron chi connectivity index (χ1n) is 11.0. The molecule has 0 saturated carbocycles. The number of rotatable bonds is 18. The minimum absolute atomic E-state index is 0.144. The van der Waals surface area contributed by atoms with E-state index in [-0.39, 0.29) is 5.75 Å². The monoisotopic (exact) mass is 393 g/mol. The molecule has 0 aromatic rings. The van der Waals surface area contributed by atoms with Gasteiger partial charge in [0.15, 0.2) is 0 Å². The predicted molar refractivity (Wildman–Crippen MR) is 115 cm³/mol. The molecular formula is C21H47NO3S. The van der Waals surface area contributed by atoms with Gasteiger partial charge < -0.3 is 5.32 Å². The van der Waals surface area contributed by atoms with Crippen molar-refractivity contribution in [1.82, 2.24) is 5.32 Å². The summed E-state index contributed by atoms with van der Waals surface area (Å²) in [6.45, 7) is 4.48. The van der Waals surface area contributed by atoms with Crippen molar-refractivity contribution in [2.75, 3.05) is 26.5 Å². The summed E-state index contributed by atoms with van der Waals surface area (Å²) in [4.78, 5) is 0. The summed E-state index contributed by atoms with van der Waals surface area (Å²) < 4.78 is 27.6. The van der Waals surface area contributed by atoms with Gasteiger partial charge in [-0.3, -0.25) is 4.18 Å². The first-order valence-corrected chi connectivity index (χ1v) is 12.6. The third-order valence-corrected chi connectivity index (χ3v) is 5.65. The van der Waals surface area contributed by atoms with Gasteiger partial charge in [-0.2, -0.15) is 8.42 Å². The number of hydrogen-bond acceptors (Lipinski definition) is 4. The molecule has 0 aromatic carbocycles. The minimum atomic E-state index is -3.25. The molecule has 26 heavy (non-hydrogen) atoms. The molecular weight excluding hydrogens is 346 g/mol. The zero-order valence-corrected chi connectivity index (χ0v) is 19.0. The molecule has 5 heteroatoms. The van der Waals surface area contributed by atoms with Crippen LogP contribution >= 0.6 is 0 Å². The van der Waals surface area contributed by atoms with Gasteiger partial charge >= 0.3 is 0 Å². The maximum Gasteiger partial charge on any atom is 0.267 e. The first-order chi connectivity index (χ1) is 12.5. The maximum absolute atomic E-state index is 11.3. The lowest BCUT2D eigenvalue weighted by molar-refractivity contribution is 0.306. The van der Waals surface area contributed by atoms with Crippen molar-refractivity contribution >= 4 is 10.1 Å². The zero-order valence-electron chi connectivity index (χ0n) is 18.2. The van der Waals surface area contributed by atoms with E-state index in [1.54, 1.807) is 0 Å². The Morgan fingerprint density at radius 2 is 0.962 bits per heavy atom. The molecule has 0 radical (unpaired) electrons. The third-order valence-electron chi connectivity index (χ3n) is 4.21. The lowest BCUT2D eigenvalue weighted by atomic mass is 10.0. The molecule has 0 saturated heterocycles. The molecule has 0 fully saturated rings.